The monoisotopic (exact) mass is 338 g/mol. The predicted molar refractivity (Wildman–Crippen MR) is 92.4 cm³/mol. The van der Waals surface area contributed by atoms with Crippen LogP contribution in [0, 0.1) is 6.92 Å². The number of benzene rings is 1. The van der Waals surface area contributed by atoms with Crippen LogP contribution in [0.2, 0.25) is 0 Å². The molecule has 25 heavy (non-hydrogen) atoms. The fourth-order valence-corrected chi connectivity index (χ4v) is 3.39. The van der Waals surface area contributed by atoms with Crippen molar-refractivity contribution in [2.45, 2.75) is 38.6 Å². The third kappa shape index (κ3) is 3.32. The number of piperidine rings is 1. The van der Waals surface area contributed by atoms with E-state index in [0.29, 0.717) is 11.8 Å². The second kappa shape index (κ2) is 6.76. The maximum Gasteiger partial charge on any atom is 0.223 e. The molecule has 0 N–H and O–H groups in total. The Hall–Kier alpha value is -2.54. The Morgan fingerprint density at radius 1 is 1.16 bits per heavy atom. The highest BCUT2D eigenvalue weighted by atomic mass is 16.5. The molecule has 130 valence electrons. The van der Waals surface area contributed by atoms with Crippen LogP contribution in [0.1, 0.15) is 49.1 Å². The summed E-state index contributed by atoms with van der Waals surface area (Å²) < 4.78 is 6.94. The van der Waals surface area contributed by atoms with Gasteiger partial charge in [0.15, 0.2) is 5.82 Å². The van der Waals surface area contributed by atoms with Crippen molar-refractivity contribution in [3.05, 3.63) is 53.9 Å². The lowest BCUT2D eigenvalue weighted by Crippen LogP contribution is -2.35. The van der Waals surface area contributed by atoms with Crippen LogP contribution in [-0.4, -0.2) is 43.1 Å². The van der Waals surface area contributed by atoms with Crippen LogP contribution in [0.4, 0.5) is 0 Å². The zero-order valence-corrected chi connectivity index (χ0v) is 14.5. The first kappa shape index (κ1) is 16.0. The summed E-state index contributed by atoms with van der Waals surface area (Å²) in [6, 6.07) is 10.3. The largest absolute Gasteiger partial charge is 0.340 e. The molecule has 0 bridgehead atoms. The van der Waals surface area contributed by atoms with Crippen LogP contribution in [-0.2, 0) is 0 Å². The first-order chi connectivity index (χ1) is 12.2. The van der Waals surface area contributed by atoms with Crippen molar-refractivity contribution < 1.29 is 4.52 Å². The van der Waals surface area contributed by atoms with Crippen LogP contribution in [0.3, 0.4) is 0 Å². The quantitative estimate of drug-likeness (QED) is 0.728. The number of nitrogens with zero attached hydrogens (tertiary/aromatic N) is 6. The summed E-state index contributed by atoms with van der Waals surface area (Å²) in [4.78, 5) is 6.82. The van der Waals surface area contributed by atoms with E-state index >= 15 is 0 Å². The molecule has 1 unspecified atom stereocenters. The summed E-state index contributed by atoms with van der Waals surface area (Å²) in [5.41, 5.74) is 2.03. The number of hydrogen-bond donors (Lipinski definition) is 0. The lowest BCUT2D eigenvalue weighted by Gasteiger charge is -2.34. The van der Waals surface area contributed by atoms with Gasteiger partial charge in [-0.2, -0.15) is 4.98 Å². The molecule has 1 atom stereocenters. The fraction of sp³-hybridized carbons (Fsp3) is 0.444. The van der Waals surface area contributed by atoms with E-state index in [1.54, 1.807) is 0 Å². The van der Waals surface area contributed by atoms with Crippen molar-refractivity contribution in [1.29, 1.82) is 0 Å². The van der Waals surface area contributed by atoms with Gasteiger partial charge in [0.1, 0.15) is 0 Å². The first-order valence-corrected chi connectivity index (χ1v) is 8.72. The van der Waals surface area contributed by atoms with Gasteiger partial charge in [0.05, 0.1) is 23.6 Å². The summed E-state index contributed by atoms with van der Waals surface area (Å²) in [6.45, 7) is 6.02. The highest BCUT2D eigenvalue weighted by Crippen LogP contribution is 2.30. The van der Waals surface area contributed by atoms with Gasteiger partial charge in [-0.25, -0.2) is 4.68 Å². The highest BCUT2D eigenvalue weighted by molar-refractivity contribution is 5.30. The van der Waals surface area contributed by atoms with E-state index in [2.05, 4.69) is 32.3 Å². The number of hydrogen-bond acceptors (Lipinski definition) is 6. The summed E-state index contributed by atoms with van der Waals surface area (Å²) >= 11 is 0. The third-order valence-corrected chi connectivity index (χ3v) is 4.95. The molecule has 1 fully saturated rings. The number of likely N-dealkylation sites (tertiary alicyclic amines) is 1. The highest BCUT2D eigenvalue weighted by Gasteiger charge is 2.28. The molecule has 4 rings (SSSR count). The molecule has 2 aromatic heterocycles. The zero-order chi connectivity index (χ0) is 17.2. The van der Waals surface area contributed by atoms with Gasteiger partial charge < -0.3 is 4.52 Å². The first-order valence-electron chi connectivity index (χ1n) is 8.72. The number of aryl methyl sites for hydroxylation is 1. The van der Waals surface area contributed by atoms with E-state index in [-0.39, 0.29) is 6.04 Å². The standard InChI is InChI=1S/C18H22N6O/c1-13(17-12-24(22-20-17)16-6-4-3-5-7-16)23-10-8-15(9-11-23)18-19-14(2)25-21-18/h3-7,12-13,15H,8-11H2,1-2H3. The minimum absolute atomic E-state index is 0.241. The molecule has 0 spiro atoms. The van der Waals surface area contributed by atoms with Gasteiger partial charge in [-0.05, 0) is 45.0 Å². The lowest BCUT2D eigenvalue weighted by atomic mass is 9.95. The minimum Gasteiger partial charge on any atom is -0.340 e. The Bertz CT molecular complexity index is 819. The lowest BCUT2D eigenvalue weighted by molar-refractivity contribution is 0.156. The molecule has 0 aliphatic carbocycles. The van der Waals surface area contributed by atoms with Gasteiger partial charge >= 0.3 is 0 Å². The van der Waals surface area contributed by atoms with Gasteiger partial charge in [-0.15, -0.1) is 5.10 Å². The molecule has 0 radical (unpaired) electrons. The van der Waals surface area contributed by atoms with E-state index in [1.165, 1.54) is 0 Å². The van der Waals surface area contributed by atoms with Crippen LogP contribution in [0.25, 0.3) is 5.69 Å². The Kier molecular flexibility index (Phi) is 4.31. The average molecular weight is 338 g/mol. The van der Waals surface area contributed by atoms with Gasteiger partial charge in [0, 0.05) is 12.8 Å². The van der Waals surface area contributed by atoms with E-state index in [9.17, 15) is 0 Å². The summed E-state index contributed by atoms with van der Waals surface area (Å²) in [5, 5.41) is 12.7. The average Bonchev–Trinajstić information content (AvgIpc) is 3.31. The van der Waals surface area contributed by atoms with E-state index < -0.39 is 0 Å². The molecule has 1 aromatic carbocycles. The molecule has 3 aromatic rings. The van der Waals surface area contributed by atoms with Gasteiger partial charge in [-0.1, -0.05) is 28.6 Å². The minimum atomic E-state index is 0.241. The molecule has 3 heterocycles. The molecule has 7 heteroatoms. The van der Waals surface area contributed by atoms with Gasteiger partial charge in [-0.3, -0.25) is 4.90 Å². The van der Waals surface area contributed by atoms with Crippen LogP contribution in [0.15, 0.2) is 41.1 Å². The third-order valence-electron chi connectivity index (χ3n) is 4.95. The van der Waals surface area contributed by atoms with Crippen molar-refractivity contribution in [3.8, 4) is 5.69 Å². The van der Waals surface area contributed by atoms with Crippen molar-refractivity contribution in [2.24, 2.45) is 0 Å². The van der Waals surface area contributed by atoms with Crippen LogP contribution < -0.4 is 0 Å². The second-order valence-corrected chi connectivity index (χ2v) is 6.58. The van der Waals surface area contributed by atoms with Crippen molar-refractivity contribution in [2.75, 3.05) is 13.1 Å². The smallest absolute Gasteiger partial charge is 0.223 e. The molecular formula is C18H22N6O. The molecule has 7 nitrogen and oxygen atoms in total. The number of rotatable bonds is 4. The van der Waals surface area contributed by atoms with Gasteiger partial charge in [0.2, 0.25) is 5.89 Å². The van der Waals surface area contributed by atoms with Crippen molar-refractivity contribution in [1.82, 2.24) is 30.0 Å². The summed E-state index contributed by atoms with van der Waals surface area (Å²) in [6.07, 6.45) is 4.10. The van der Waals surface area contributed by atoms with Crippen molar-refractivity contribution >= 4 is 0 Å². The zero-order valence-electron chi connectivity index (χ0n) is 14.5. The molecule has 1 aliphatic heterocycles. The molecule has 1 saturated heterocycles. The van der Waals surface area contributed by atoms with E-state index in [0.717, 1.165) is 43.1 Å². The Labute approximate surface area is 146 Å². The molecule has 0 amide bonds. The topological polar surface area (TPSA) is 72.9 Å². The Balaban J connectivity index is 1.41. The molecular weight excluding hydrogens is 316 g/mol. The van der Waals surface area contributed by atoms with E-state index in [1.807, 2.05) is 48.1 Å². The molecule has 0 saturated carbocycles. The number of aromatic nitrogens is 5. The number of para-hydroxylation sites is 1. The SMILES string of the molecule is Cc1nc(C2CCN(C(C)c3cn(-c4ccccc4)nn3)CC2)no1. The maximum absolute atomic E-state index is 5.11. The van der Waals surface area contributed by atoms with Gasteiger partial charge in [0.25, 0.3) is 0 Å². The predicted octanol–water partition coefficient (Wildman–Crippen LogP) is 2.90. The van der Waals surface area contributed by atoms with Crippen LogP contribution >= 0.6 is 0 Å². The van der Waals surface area contributed by atoms with E-state index in [4.69, 9.17) is 4.52 Å². The Morgan fingerprint density at radius 2 is 1.92 bits per heavy atom. The molecule has 1 aliphatic rings. The maximum atomic E-state index is 5.11. The fourth-order valence-electron chi connectivity index (χ4n) is 3.39. The Morgan fingerprint density at radius 3 is 2.60 bits per heavy atom. The normalized spacial score (nSPS) is 17.7. The summed E-state index contributed by atoms with van der Waals surface area (Å²) in [5.74, 6) is 1.88. The second-order valence-electron chi connectivity index (χ2n) is 6.58. The van der Waals surface area contributed by atoms with Crippen molar-refractivity contribution in [3.63, 3.8) is 0 Å². The summed E-state index contributed by atoms with van der Waals surface area (Å²) in [7, 11) is 0. The van der Waals surface area contributed by atoms with Crippen LogP contribution in [0.5, 0.6) is 0 Å².